The van der Waals surface area contributed by atoms with Crippen LogP contribution in [0.2, 0.25) is 0 Å². The van der Waals surface area contributed by atoms with Crippen molar-refractivity contribution in [2.75, 3.05) is 6.54 Å². The number of thiophene rings is 1. The van der Waals surface area contributed by atoms with E-state index in [1.165, 1.54) is 17.5 Å². The molecular formula is C20H20N2O3S2. The minimum absolute atomic E-state index is 0.0134. The molecule has 5 nitrogen and oxygen atoms in total. The molecule has 0 aliphatic carbocycles. The average molecular weight is 401 g/mol. The zero-order valence-electron chi connectivity index (χ0n) is 14.6. The highest BCUT2D eigenvalue weighted by molar-refractivity contribution is 7.93. The Hall–Kier alpha value is -2.51. The van der Waals surface area contributed by atoms with Gasteiger partial charge in [-0.2, -0.15) is 0 Å². The lowest BCUT2D eigenvalue weighted by molar-refractivity contribution is -0.121. The van der Waals surface area contributed by atoms with Crippen LogP contribution in [-0.2, 0) is 21.1 Å². The molecule has 1 aromatic carbocycles. The molecule has 1 atom stereocenters. The fourth-order valence-corrected chi connectivity index (χ4v) is 5.59. The topological polar surface area (TPSA) is 76.1 Å². The van der Waals surface area contributed by atoms with Gasteiger partial charge in [0.2, 0.25) is 5.91 Å². The van der Waals surface area contributed by atoms with E-state index in [1.807, 2.05) is 30.3 Å². The summed E-state index contributed by atoms with van der Waals surface area (Å²) in [7, 11) is -3.61. The third-order valence-electron chi connectivity index (χ3n) is 4.17. The molecule has 0 saturated heterocycles. The molecule has 2 heterocycles. The fourth-order valence-electron chi connectivity index (χ4n) is 2.74. The first-order chi connectivity index (χ1) is 13.1. The molecule has 3 rings (SSSR count). The number of hydrogen-bond donors (Lipinski definition) is 1. The van der Waals surface area contributed by atoms with Gasteiger partial charge < -0.3 is 5.32 Å². The predicted molar refractivity (Wildman–Crippen MR) is 106 cm³/mol. The van der Waals surface area contributed by atoms with E-state index in [2.05, 4.69) is 10.3 Å². The maximum absolute atomic E-state index is 13.0. The molecule has 0 unspecified atom stereocenters. The molecule has 0 aliphatic rings. The van der Waals surface area contributed by atoms with Crippen LogP contribution in [0, 0.1) is 0 Å². The van der Waals surface area contributed by atoms with Crippen molar-refractivity contribution in [2.24, 2.45) is 0 Å². The lowest BCUT2D eigenvalue weighted by Gasteiger charge is -2.17. The number of nitrogens with one attached hydrogen (secondary N) is 1. The number of pyridine rings is 1. The van der Waals surface area contributed by atoms with Gasteiger partial charge in [0, 0.05) is 25.4 Å². The number of sulfone groups is 1. The molecule has 0 saturated carbocycles. The van der Waals surface area contributed by atoms with E-state index in [-0.39, 0.29) is 16.7 Å². The van der Waals surface area contributed by atoms with Crippen molar-refractivity contribution in [3.63, 3.8) is 0 Å². The summed E-state index contributed by atoms with van der Waals surface area (Å²) < 4.78 is 26.3. The van der Waals surface area contributed by atoms with Crippen LogP contribution in [0.15, 0.2) is 76.6 Å². The Balaban J connectivity index is 1.70. The van der Waals surface area contributed by atoms with Crippen LogP contribution in [0.5, 0.6) is 0 Å². The third-order valence-corrected chi connectivity index (χ3v) is 7.71. The molecule has 2 aromatic heterocycles. The lowest BCUT2D eigenvalue weighted by atomic mass is 10.1. The normalized spacial score (nSPS) is 12.4. The first kappa shape index (κ1) is 19.3. The molecular weight excluding hydrogens is 380 g/mol. The molecule has 1 amide bonds. The molecule has 0 fully saturated rings. The van der Waals surface area contributed by atoms with E-state index in [1.54, 1.807) is 35.8 Å². The number of nitrogens with zero attached hydrogens (tertiary/aromatic N) is 1. The zero-order chi connectivity index (χ0) is 19.1. The number of carbonyl (C=O) groups is 1. The van der Waals surface area contributed by atoms with Gasteiger partial charge in [0.25, 0.3) is 0 Å². The van der Waals surface area contributed by atoms with Crippen LogP contribution < -0.4 is 5.32 Å². The molecule has 0 aliphatic heterocycles. The Morgan fingerprint density at radius 2 is 1.89 bits per heavy atom. The van der Waals surface area contributed by atoms with Crippen molar-refractivity contribution in [1.82, 2.24) is 10.3 Å². The molecule has 0 bridgehead atoms. The smallest absolute Gasteiger partial charge is 0.220 e. The van der Waals surface area contributed by atoms with Crippen LogP contribution in [-0.4, -0.2) is 25.9 Å². The van der Waals surface area contributed by atoms with E-state index in [0.717, 1.165) is 5.56 Å². The molecule has 140 valence electrons. The van der Waals surface area contributed by atoms with Crippen LogP contribution in [0.4, 0.5) is 0 Å². The van der Waals surface area contributed by atoms with Gasteiger partial charge in [-0.15, -0.1) is 11.3 Å². The van der Waals surface area contributed by atoms with Gasteiger partial charge in [0.15, 0.2) is 9.84 Å². The van der Waals surface area contributed by atoms with Crippen LogP contribution in [0.25, 0.3) is 0 Å². The number of rotatable bonds is 8. The van der Waals surface area contributed by atoms with E-state index in [9.17, 15) is 13.2 Å². The maximum Gasteiger partial charge on any atom is 0.220 e. The molecule has 3 aromatic rings. The first-order valence-corrected chi connectivity index (χ1v) is 11.0. The maximum atomic E-state index is 13.0. The second-order valence-electron chi connectivity index (χ2n) is 6.04. The van der Waals surface area contributed by atoms with Crippen molar-refractivity contribution in [3.05, 3.63) is 83.5 Å². The Kier molecular flexibility index (Phi) is 6.36. The predicted octanol–water partition coefficient (Wildman–Crippen LogP) is 3.41. The van der Waals surface area contributed by atoms with E-state index in [0.29, 0.717) is 18.4 Å². The van der Waals surface area contributed by atoms with Gasteiger partial charge in [-0.05, 0) is 35.1 Å². The van der Waals surface area contributed by atoms with Crippen LogP contribution in [0.3, 0.4) is 0 Å². The van der Waals surface area contributed by atoms with E-state index in [4.69, 9.17) is 0 Å². The molecule has 27 heavy (non-hydrogen) atoms. The molecule has 1 N–H and O–H groups in total. The number of hydrogen-bond acceptors (Lipinski definition) is 5. The molecule has 0 spiro atoms. The zero-order valence-corrected chi connectivity index (χ0v) is 16.2. The number of aromatic nitrogens is 1. The van der Waals surface area contributed by atoms with Gasteiger partial charge in [0.1, 0.15) is 9.46 Å². The van der Waals surface area contributed by atoms with Crippen LogP contribution in [0.1, 0.15) is 22.8 Å². The minimum atomic E-state index is -3.61. The van der Waals surface area contributed by atoms with Gasteiger partial charge in [-0.3, -0.25) is 9.78 Å². The van der Waals surface area contributed by atoms with E-state index < -0.39 is 15.1 Å². The monoisotopic (exact) mass is 400 g/mol. The Morgan fingerprint density at radius 1 is 1.07 bits per heavy atom. The Morgan fingerprint density at radius 3 is 2.56 bits per heavy atom. The summed E-state index contributed by atoms with van der Waals surface area (Å²) in [6, 6.07) is 16.4. The summed E-state index contributed by atoms with van der Waals surface area (Å²) in [5.41, 5.74) is 1.64. The number of benzene rings is 1. The highest BCUT2D eigenvalue weighted by Crippen LogP contribution is 2.30. The summed E-state index contributed by atoms with van der Waals surface area (Å²) >= 11 is 1.17. The summed E-state index contributed by atoms with van der Waals surface area (Å²) in [5, 5.41) is 3.64. The first-order valence-electron chi connectivity index (χ1n) is 8.55. The third kappa shape index (κ3) is 5.02. The standard InChI is InChI=1S/C20H20N2O3S2/c23-19(11-10-16-6-2-1-3-7-16)22-15-18(17-8-4-12-21-14-17)27(24,25)20-9-5-13-26-20/h1-9,12-14,18H,10-11,15H2,(H,22,23)/t18-/m1/s1. The summed E-state index contributed by atoms with van der Waals surface area (Å²) in [5.74, 6) is -0.172. The second-order valence-corrected chi connectivity index (χ2v) is 9.35. The Labute approximate surface area is 163 Å². The summed E-state index contributed by atoms with van der Waals surface area (Å²) in [6.07, 6.45) is 4.05. The average Bonchev–Trinajstić information content (AvgIpc) is 3.24. The van der Waals surface area contributed by atoms with Crippen molar-refractivity contribution in [2.45, 2.75) is 22.3 Å². The largest absolute Gasteiger partial charge is 0.354 e. The van der Waals surface area contributed by atoms with Gasteiger partial charge in [-0.25, -0.2) is 8.42 Å². The summed E-state index contributed by atoms with van der Waals surface area (Å²) in [4.78, 5) is 16.3. The number of amides is 1. The highest BCUT2D eigenvalue weighted by Gasteiger charge is 2.30. The lowest BCUT2D eigenvalue weighted by Crippen LogP contribution is -2.32. The molecule has 7 heteroatoms. The second kappa shape index (κ2) is 8.92. The highest BCUT2D eigenvalue weighted by atomic mass is 32.2. The SMILES string of the molecule is O=C(CCc1ccccc1)NC[C@H](c1cccnc1)S(=O)(=O)c1cccs1. The van der Waals surface area contributed by atoms with Gasteiger partial charge in [-0.1, -0.05) is 42.5 Å². The number of aryl methyl sites for hydroxylation is 1. The minimum Gasteiger partial charge on any atom is -0.354 e. The number of carbonyl (C=O) groups excluding carboxylic acids is 1. The van der Waals surface area contributed by atoms with Gasteiger partial charge >= 0.3 is 0 Å². The van der Waals surface area contributed by atoms with Gasteiger partial charge in [0.05, 0.1) is 0 Å². The van der Waals surface area contributed by atoms with E-state index >= 15 is 0 Å². The summed E-state index contributed by atoms with van der Waals surface area (Å²) in [6.45, 7) is 0.0134. The van der Waals surface area contributed by atoms with Crippen molar-refractivity contribution in [1.29, 1.82) is 0 Å². The Bertz CT molecular complexity index is 957. The fraction of sp³-hybridized carbons (Fsp3) is 0.200. The van der Waals surface area contributed by atoms with Crippen molar-refractivity contribution >= 4 is 27.1 Å². The van der Waals surface area contributed by atoms with Crippen LogP contribution >= 0.6 is 11.3 Å². The quantitative estimate of drug-likeness (QED) is 0.629. The van der Waals surface area contributed by atoms with Crippen molar-refractivity contribution < 1.29 is 13.2 Å². The van der Waals surface area contributed by atoms with Crippen molar-refractivity contribution in [3.8, 4) is 0 Å². The molecule has 0 radical (unpaired) electrons.